The number of aliphatic hydroxyl groups is 1. The summed E-state index contributed by atoms with van der Waals surface area (Å²) in [5.74, 6) is 1.75. The van der Waals surface area contributed by atoms with Gasteiger partial charge in [0.05, 0.1) is 7.11 Å². The maximum absolute atomic E-state index is 10.3. The van der Waals surface area contributed by atoms with Crippen molar-refractivity contribution in [2.75, 3.05) is 34.4 Å². The van der Waals surface area contributed by atoms with E-state index in [1.54, 1.807) is 7.11 Å². The molecule has 0 heterocycles. The number of ether oxygens (including phenoxy) is 3. The number of methoxy groups -OCH3 is 1. The van der Waals surface area contributed by atoms with Crippen molar-refractivity contribution in [2.45, 2.75) is 57.8 Å². The second-order valence-corrected chi connectivity index (χ2v) is 8.24. The highest BCUT2D eigenvalue weighted by Crippen LogP contribution is 2.22. The molecule has 0 spiro atoms. The normalized spacial score (nSPS) is 13.2. The third kappa shape index (κ3) is 9.72. The zero-order valence-corrected chi connectivity index (χ0v) is 19.5. The number of unbranched alkanes of at least 4 members (excludes halogenated alkanes) is 2. The van der Waals surface area contributed by atoms with Gasteiger partial charge >= 0.3 is 0 Å². The Morgan fingerprint density at radius 2 is 1.71 bits per heavy atom. The molecule has 1 unspecified atom stereocenters. The zero-order valence-electron chi connectivity index (χ0n) is 19.5. The third-order valence-corrected chi connectivity index (χ3v) is 5.21. The van der Waals surface area contributed by atoms with Crippen LogP contribution in [0.5, 0.6) is 11.5 Å². The lowest BCUT2D eigenvalue weighted by Crippen LogP contribution is -2.36. The molecule has 0 aliphatic rings. The monoisotopic (exact) mass is 429 g/mol. The predicted octanol–water partition coefficient (Wildman–Crippen LogP) is 4.70. The van der Waals surface area contributed by atoms with Crippen LogP contribution in [0.2, 0.25) is 0 Å². The fourth-order valence-corrected chi connectivity index (χ4v) is 3.51. The van der Waals surface area contributed by atoms with E-state index in [9.17, 15) is 5.11 Å². The van der Waals surface area contributed by atoms with Gasteiger partial charge in [-0.05, 0) is 69.1 Å². The van der Waals surface area contributed by atoms with Gasteiger partial charge in [-0.1, -0.05) is 50.1 Å². The summed E-state index contributed by atoms with van der Waals surface area (Å²) in [4.78, 5) is 2.06. The largest absolute Gasteiger partial charge is 0.497 e. The van der Waals surface area contributed by atoms with Gasteiger partial charge in [0, 0.05) is 6.54 Å². The molecule has 31 heavy (non-hydrogen) atoms. The summed E-state index contributed by atoms with van der Waals surface area (Å²) in [5.41, 5.74) is 2.44. The standard InChI is InChI=1S/C26H39NO4/c1-5-6-7-12-26(28)31-24(19-27(2)3)20-30-25-11-9-8-10-22(25)16-13-21-14-17-23(29-4)18-15-21/h8-11,14-15,17-18,24,26,28H,5-7,12-13,16,19-20H2,1-4H3/t24-,26?/m1/s1. The Bertz CT molecular complexity index is 732. The van der Waals surface area contributed by atoms with Crippen LogP contribution in [0.25, 0.3) is 0 Å². The van der Waals surface area contributed by atoms with Crippen molar-refractivity contribution in [1.82, 2.24) is 4.90 Å². The highest BCUT2D eigenvalue weighted by Gasteiger charge is 2.17. The highest BCUT2D eigenvalue weighted by atomic mass is 16.6. The van der Waals surface area contributed by atoms with Gasteiger partial charge in [0.15, 0.2) is 6.29 Å². The number of benzene rings is 2. The number of likely N-dealkylation sites (N-methyl/N-ethyl adjacent to an activating group) is 1. The number of hydrogen-bond acceptors (Lipinski definition) is 5. The lowest BCUT2D eigenvalue weighted by Gasteiger charge is -2.25. The van der Waals surface area contributed by atoms with E-state index < -0.39 is 6.29 Å². The third-order valence-electron chi connectivity index (χ3n) is 5.21. The van der Waals surface area contributed by atoms with Crippen molar-refractivity contribution in [2.24, 2.45) is 0 Å². The van der Waals surface area contributed by atoms with Gasteiger partial charge in [0.25, 0.3) is 0 Å². The first-order valence-electron chi connectivity index (χ1n) is 11.3. The minimum absolute atomic E-state index is 0.193. The molecule has 2 aromatic carbocycles. The van der Waals surface area contributed by atoms with Crippen molar-refractivity contribution < 1.29 is 19.3 Å². The molecule has 0 radical (unpaired) electrons. The van der Waals surface area contributed by atoms with Gasteiger partial charge in [0.1, 0.15) is 24.2 Å². The summed E-state index contributed by atoms with van der Waals surface area (Å²) in [6.07, 6.45) is 4.75. The molecule has 0 aromatic heterocycles. The average Bonchev–Trinajstić information content (AvgIpc) is 2.76. The van der Waals surface area contributed by atoms with E-state index in [0.29, 0.717) is 19.6 Å². The van der Waals surface area contributed by atoms with Gasteiger partial charge < -0.3 is 24.2 Å². The minimum Gasteiger partial charge on any atom is -0.497 e. The molecule has 0 aliphatic heterocycles. The highest BCUT2D eigenvalue weighted by molar-refractivity contribution is 5.35. The Labute approximate surface area is 187 Å². The Balaban J connectivity index is 1.93. The Kier molecular flexibility index (Phi) is 11.4. The predicted molar refractivity (Wildman–Crippen MR) is 126 cm³/mol. The molecule has 0 saturated carbocycles. The second kappa shape index (κ2) is 14.1. The van der Waals surface area contributed by atoms with Crippen LogP contribution < -0.4 is 9.47 Å². The Hall–Kier alpha value is -2.08. The molecule has 0 bridgehead atoms. The Morgan fingerprint density at radius 1 is 0.968 bits per heavy atom. The SMILES string of the molecule is CCCCCC(O)O[C@@H](COc1ccccc1CCc1ccc(OC)cc1)CN(C)C. The molecule has 172 valence electrons. The zero-order chi connectivity index (χ0) is 22.5. The first-order chi connectivity index (χ1) is 15.0. The van der Waals surface area contributed by atoms with E-state index in [1.165, 1.54) is 11.1 Å². The molecule has 2 rings (SSSR count). The number of nitrogens with zero attached hydrogens (tertiary/aromatic N) is 1. The number of aliphatic hydroxyl groups excluding tert-OH is 1. The quantitative estimate of drug-likeness (QED) is 0.328. The van der Waals surface area contributed by atoms with Crippen LogP contribution in [0.3, 0.4) is 0 Å². The van der Waals surface area contributed by atoms with E-state index >= 15 is 0 Å². The van der Waals surface area contributed by atoms with Crippen LogP contribution in [-0.4, -0.2) is 56.8 Å². The van der Waals surface area contributed by atoms with E-state index in [4.69, 9.17) is 14.2 Å². The van der Waals surface area contributed by atoms with Crippen molar-refractivity contribution in [3.63, 3.8) is 0 Å². The summed E-state index contributed by atoms with van der Waals surface area (Å²) in [5, 5.41) is 10.3. The van der Waals surface area contributed by atoms with Crippen LogP contribution in [0.1, 0.15) is 43.7 Å². The van der Waals surface area contributed by atoms with Crippen molar-refractivity contribution in [3.8, 4) is 11.5 Å². The summed E-state index contributed by atoms with van der Waals surface area (Å²) in [6, 6.07) is 16.3. The number of hydrogen-bond donors (Lipinski definition) is 1. The molecule has 1 N–H and O–H groups in total. The van der Waals surface area contributed by atoms with E-state index in [1.807, 2.05) is 44.4 Å². The smallest absolute Gasteiger partial charge is 0.155 e. The van der Waals surface area contributed by atoms with Crippen molar-refractivity contribution in [1.29, 1.82) is 0 Å². The first-order valence-corrected chi connectivity index (χ1v) is 11.3. The lowest BCUT2D eigenvalue weighted by atomic mass is 10.0. The maximum atomic E-state index is 10.3. The molecule has 0 aliphatic carbocycles. The van der Waals surface area contributed by atoms with Crippen LogP contribution >= 0.6 is 0 Å². The average molecular weight is 430 g/mol. The summed E-state index contributed by atoms with van der Waals surface area (Å²) in [6.45, 7) is 3.25. The first kappa shape index (κ1) is 25.2. The van der Waals surface area contributed by atoms with Crippen molar-refractivity contribution >= 4 is 0 Å². The fraction of sp³-hybridized carbons (Fsp3) is 0.538. The summed E-state index contributed by atoms with van der Waals surface area (Å²) in [7, 11) is 5.69. The Morgan fingerprint density at radius 3 is 2.39 bits per heavy atom. The van der Waals surface area contributed by atoms with Gasteiger partial charge in [0.2, 0.25) is 0 Å². The molecule has 0 amide bonds. The molecule has 0 fully saturated rings. The second-order valence-electron chi connectivity index (χ2n) is 8.24. The van der Waals surface area contributed by atoms with E-state index in [-0.39, 0.29) is 6.10 Å². The summed E-state index contributed by atoms with van der Waals surface area (Å²) < 4.78 is 17.3. The molecule has 0 saturated heterocycles. The van der Waals surface area contributed by atoms with Gasteiger partial charge in [-0.2, -0.15) is 0 Å². The topological polar surface area (TPSA) is 51.2 Å². The number of aryl methyl sites for hydroxylation is 2. The lowest BCUT2D eigenvalue weighted by molar-refractivity contribution is -0.151. The van der Waals surface area contributed by atoms with Crippen LogP contribution in [0.15, 0.2) is 48.5 Å². The van der Waals surface area contributed by atoms with E-state index in [0.717, 1.165) is 43.6 Å². The van der Waals surface area contributed by atoms with Crippen LogP contribution in [0, 0.1) is 0 Å². The van der Waals surface area contributed by atoms with Gasteiger partial charge in [-0.15, -0.1) is 0 Å². The van der Waals surface area contributed by atoms with Crippen LogP contribution in [0.4, 0.5) is 0 Å². The number of para-hydroxylation sites is 1. The summed E-state index contributed by atoms with van der Waals surface area (Å²) >= 11 is 0. The van der Waals surface area contributed by atoms with E-state index in [2.05, 4.69) is 30.0 Å². The molecular formula is C26H39NO4. The van der Waals surface area contributed by atoms with Gasteiger partial charge in [-0.3, -0.25) is 0 Å². The molecule has 5 heteroatoms. The molecular weight excluding hydrogens is 390 g/mol. The number of rotatable bonds is 15. The maximum Gasteiger partial charge on any atom is 0.155 e. The fourth-order valence-electron chi connectivity index (χ4n) is 3.51. The van der Waals surface area contributed by atoms with Gasteiger partial charge in [-0.25, -0.2) is 0 Å². The molecule has 5 nitrogen and oxygen atoms in total. The minimum atomic E-state index is -0.745. The van der Waals surface area contributed by atoms with Crippen LogP contribution in [-0.2, 0) is 17.6 Å². The van der Waals surface area contributed by atoms with Crippen molar-refractivity contribution in [3.05, 3.63) is 59.7 Å². The molecule has 2 aromatic rings. The molecule has 2 atom stereocenters.